The van der Waals surface area contributed by atoms with Gasteiger partial charge in [0.25, 0.3) is 0 Å². The molecule has 4 heterocycles. The summed E-state index contributed by atoms with van der Waals surface area (Å²) in [6, 6.07) is 1.87. The van der Waals surface area contributed by atoms with Crippen LogP contribution in [0.15, 0.2) is 40.3 Å². The maximum absolute atomic E-state index is 12.8. The first-order chi connectivity index (χ1) is 13.9. The summed E-state index contributed by atoms with van der Waals surface area (Å²) in [6.07, 6.45) is 1.77. The van der Waals surface area contributed by atoms with Gasteiger partial charge in [0.15, 0.2) is 5.82 Å². The fourth-order valence-electron chi connectivity index (χ4n) is 3.84. The third-order valence-electron chi connectivity index (χ3n) is 5.14. The van der Waals surface area contributed by atoms with Gasteiger partial charge in [-0.25, -0.2) is 9.97 Å². The second-order valence-electron chi connectivity index (χ2n) is 7.17. The lowest BCUT2D eigenvalue weighted by molar-refractivity contribution is -0.127. The molecular formula is C19H21F3N6S. The van der Waals surface area contributed by atoms with Gasteiger partial charge in [-0.1, -0.05) is 0 Å². The highest BCUT2D eigenvalue weighted by molar-refractivity contribution is 8.00. The fraction of sp³-hybridized carbons (Fsp3) is 0.474. The number of halogens is 3. The van der Waals surface area contributed by atoms with Crippen molar-refractivity contribution in [2.75, 3.05) is 30.3 Å². The summed E-state index contributed by atoms with van der Waals surface area (Å²) in [5.41, 5.74) is 0.417. The van der Waals surface area contributed by atoms with Crippen LogP contribution in [0.5, 0.6) is 0 Å². The van der Waals surface area contributed by atoms with Crippen LogP contribution in [0.3, 0.4) is 0 Å². The smallest absolute Gasteiger partial charge is 0.355 e. The second-order valence-corrected chi connectivity index (χ2v) is 8.52. The monoisotopic (exact) mass is 422 g/mol. The van der Waals surface area contributed by atoms with Gasteiger partial charge in [-0.3, -0.25) is 9.98 Å². The predicted octanol–water partition coefficient (Wildman–Crippen LogP) is 3.60. The van der Waals surface area contributed by atoms with Crippen molar-refractivity contribution in [3.63, 3.8) is 0 Å². The van der Waals surface area contributed by atoms with E-state index in [1.165, 1.54) is 30.8 Å². The van der Waals surface area contributed by atoms with Crippen molar-refractivity contribution >= 4 is 36.2 Å². The quantitative estimate of drug-likeness (QED) is 0.679. The molecule has 29 heavy (non-hydrogen) atoms. The molecule has 0 saturated carbocycles. The standard InChI is InChI=1S/C19H21F3N6S/c1-23-9-15(27-6-5-24-14(11-27)8-19(20,21)22)18-25-4-2-17(26-18)28-10-13-3-7-29-16(13)12-28/h2,4-5,9,11,13,16H,1,3,6-8,10,12H2/b15-9-. The number of fused-ring (bicyclic) bond motifs is 1. The molecule has 2 unspecified atom stereocenters. The Morgan fingerprint density at radius 3 is 3.00 bits per heavy atom. The number of hydrogen-bond acceptors (Lipinski definition) is 7. The Labute approximate surface area is 171 Å². The molecule has 3 aliphatic heterocycles. The molecule has 1 aromatic heterocycles. The van der Waals surface area contributed by atoms with E-state index in [0.717, 1.165) is 18.9 Å². The van der Waals surface area contributed by atoms with Gasteiger partial charge in [-0.15, -0.1) is 0 Å². The van der Waals surface area contributed by atoms with Crippen LogP contribution in [0.4, 0.5) is 19.0 Å². The third-order valence-corrected chi connectivity index (χ3v) is 6.57. The predicted molar refractivity (Wildman–Crippen MR) is 110 cm³/mol. The molecule has 4 rings (SSSR count). The van der Waals surface area contributed by atoms with Crippen molar-refractivity contribution in [3.05, 3.63) is 36.2 Å². The number of alkyl halides is 3. The van der Waals surface area contributed by atoms with Gasteiger partial charge < -0.3 is 9.80 Å². The summed E-state index contributed by atoms with van der Waals surface area (Å²) in [5, 5.41) is 0.643. The number of aromatic nitrogens is 2. The van der Waals surface area contributed by atoms with Crippen molar-refractivity contribution in [1.82, 2.24) is 14.9 Å². The molecule has 2 atom stereocenters. The molecule has 0 amide bonds. The summed E-state index contributed by atoms with van der Waals surface area (Å²) < 4.78 is 38.3. The fourth-order valence-corrected chi connectivity index (χ4v) is 5.36. The van der Waals surface area contributed by atoms with Crippen LogP contribution < -0.4 is 4.90 Å². The van der Waals surface area contributed by atoms with Gasteiger partial charge in [0.1, 0.15) is 11.5 Å². The Morgan fingerprint density at radius 1 is 1.38 bits per heavy atom. The van der Waals surface area contributed by atoms with Gasteiger partial charge in [-0.05, 0) is 30.9 Å². The lowest BCUT2D eigenvalue weighted by atomic mass is 10.1. The zero-order chi connectivity index (χ0) is 20.4. The lowest BCUT2D eigenvalue weighted by Crippen LogP contribution is -2.26. The van der Waals surface area contributed by atoms with E-state index < -0.39 is 12.6 Å². The van der Waals surface area contributed by atoms with Crippen molar-refractivity contribution in [1.29, 1.82) is 0 Å². The highest BCUT2D eigenvalue weighted by Gasteiger charge is 2.37. The Balaban J connectivity index is 1.57. The molecule has 2 saturated heterocycles. The minimum Gasteiger partial charge on any atom is -0.355 e. The van der Waals surface area contributed by atoms with Crippen LogP contribution in [0.1, 0.15) is 18.7 Å². The van der Waals surface area contributed by atoms with Gasteiger partial charge in [0.05, 0.1) is 24.9 Å². The molecule has 0 N–H and O–H groups in total. The highest BCUT2D eigenvalue weighted by atomic mass is 32.2. The third kappa shape index (κ3) is 4.63. The molecule has 0 aliphatic carbocycles. The average molecular weight is 422 g/mol. The van der Waals surface area contributed by atoms with Crippen LogP contribution >= 0.6 is 11.8 Å². The molecule has 0 radical (unpaired) electrons. The SMILES string of the molecule is C=N/C=C(/c1nccc(N2CC3CCSC3C2)n1)N1C=C(CC(F)(F)F)N=CC1. The van der Waals surface area contributed by atoms with Crippen LogP contribution in [0.2, 0.25) is 0 Å². The first kappa shape index (κ1) is 19.9. The second kappa shape index (κ2) is 8.17. The van der Waals surface area contributed by atoms with Crippen LogP contribution in [0.25, 0.3) is 5.70 Å². The lowest BCUT2D eigenvalue weighted by Gasteiger charge is -2.25. The summed E-state index contributed by atoms with van der Waals surface area (Å²) in [5.74, 6) is 3.14. The van der Waals surface area contributed by atoms with E-state index in [1.54, 1.807) is 11.1 Å². The Kier molecular flexibility index (Phi) is 5.62. The molecule has 6 nitrogen and oxygen atoms in total. The van der Waals surface area contributed by atoms with Crippen LogP contribution in [-0.2, 0) is 0 Å². The van der Waals surface area contributed by atoms with E-state index in [1.807, 2.05) is 17.8 Å². The molecule has 2 fully saturated rings. The van der Waals surface area contributed by atoms with Crippen molar-refractivity contribution in [2.24, 2.45) is 15.9 Å². The van der Waals surface area contributed by atoms with Gasteiger partial charge in [0, 0.05) is 37.0 Å². The van der Waals surface area contributed by atoms with E-state index in [0.29, 0.717) is 29.2 Å². The first-order valence-corrected chi connectivity index (χ1v) is 10.4. The van der Waals surface area contributed by atoms with Crippen molar-refractivity contribution in [3.8, 4) is 0 Å². The molecule has 3 aliphatic rings. The largest absolute Gasteiger partial charge is 0.394 e. The minimum absolute atomic E-state index is 0.0701. The van der Waals surface area contributed by atoms with Crippen molar-refractivity contribution < 1.29 is 13.2 Å². The molecule has 0 aromatic carbocycles. The van der Waals surface area contributed by atoms with E-state index >= 15 is 0 Å². The molecule has 10 heteroatoms. The number of thioether (sulfide) groups is 1. The maximum Gasteiger partial charge on any atom is 0.394 e. The van der Waals surface area contributed by atoms with Crippen LogP contribution in [0, 0.1) is 5.92 Å². The van der Waals surface area contributed by atoms with Gasteiger partial charge in [-0.2, -0.15) is 24.9 Å². The zero-order valence-corrected chi connectivity index (χ0v) is 16.5. The molecule has 0 spiro atoms. The number of rotatable bonds is 5. The Bertz CT molecular complexity index is 854. The number of allylic oxidation sites excluding steroid dienone is 1. The Hall–Kier alpha value is -2.36. The number of hydrogen-bond donors (Lipinski definition) is 0. The zero-order valence-electron chi connectivity index (χ0n) is 15.7. The normalized spacial score (nSPS) is 24.7. The molecule has 1 aromatic rings. The summed E-state index contributed by atoms with van der Waals surface area (Å²) in [4.78, 5) is 20.6. The first-order valence-electron chi connectivity index (χ1n) is 9.35. The molecule has 154 valence electrons. The molecular weight excluding hydrogens is 401 g/mol. The van der Waals surface area contributed by atoms with E-state index in [2.05, 4.69) is 31.6 Å². The average Bonchev–Trinajstić information content (AvgIpc) is 3.27. The van der Waals surface area contributed by atoms with Crippen molar-refractivity contribution in [2.45, 2.75) is 24.3 Å². The minimum atomic E-state index is -4.32. The summed E-state index contributed by atoms with van der Waals surface area (Å²) in [7, 11) is 0. The van der Waals surface area contributed by atoms with Gasteiger partial charge >= 0.3 is 6.18 Å². The summed E-state index contributed by atoms with van der Waals surface area (Å²) in [6.45, 7) is 5.71. The number of aliphatic imine (C=N–C) groups is 2. The number of nitrogens with zero attached hydrogens (tertiary/aromatic N) is 6. The summed E-state index contributed by atoms with van der Waals surface area (Å²) >= 11 is 2.02. The maximum atomic E-state index is 12.8. The molecule has 0 bridgehead atoms. The van der Waals surface area contributed by atoms with E-state index in [-0.39, 0.29) is 5.70 Å². The topological polar surface area (TPSA) is 57.0 Å². The Morgan fingerprint density at radius 2 is 2.24 bits per heavy atom. The van der Waals surface area contributed by atoms with E-state index in [4.69, 9.17) is 0 Å². The van der Waals surface area contributed by atoms with Crippen LogP contribution in [-0.4, -0.2) is 64.6 Å². The number of anilines is 1. The van der Waals surface area contributed by atoms with Gasteiger partial charge in [0.2, 0.25) is 0 Å². The highest BCUT2D eigenvalue weighted by Crippen LogP contribution is 2.39. The van der Waals surface area contributed by atoms with E-state index in [9.17, 15) is 13.2 Å².